The molecule has 4 aromatic rings. The van der Waals surface area contributed by atoms with E-state index in [1.165, 1.54) is 22.7 Å². The third-order valence-electron chi connectivity index (χ3n) is 8.20. The molecule has 1 aliphatic rings. The normalized spacial score (nSPS) is 15.9. The van der Waals surface area contributed by atoms with Gasteiger partial charge in [0.2, 0.25) is 0 Å². The van der Waals surface area contributed by atoms with E-state index in [9.17, 15) is 27.6 Å². The van der Waals surface area contributed by atoms with Crippen molar-refractivity contribution in [3.05, 3.63) is 89.1 Å². The minimum absolute atomic E-state index is 0.0757. The Hall–Kier alpha value is -4.20. The average molecular weight is 702 g/mol. The quantitative estimate of drug-likeness (QED) is 0.148. The lowest BCUT2D eigenvalue weighted by Crippen LogP contribution is -2.57. The molecule has 2 heterocycles. The van der Waals surface area contributed by atoms with Gasteiger partial charge in [0.15, 0.2) is 6.04 Å². The third-order valence-corrected chi connectivity index (χ3v) is 9.16. The van der Waals surface area contributed by atoms with Gasteiger partial charge in [-0.3, -0.25) is 4.79 Å². The number of benzene rings is 3. The van der Waals surface area contributed by atoms with Crippen molar-refractivity contribution in [1.82, 2.24) is 14.9 Å². The maximum Gasteiger partial charge on any atom is 0.493 e. The van der Waals surface area contributed by atoms with Gasteiger partial charge in [0, 0.05) is 57.4 Å². The van der Waals surface area contributed by atoms with E-state index >= 15 is 0 Å². The molecule has 1 aliphatic heterocycles. The number of hydrogen-bond acceptors (Lipinski definition) is 6. The standard InChI is InChI=1S/C34H35ClF3N5O4S/c1-20(27-17-39-28-11-6-5-10-26(27)28)30(31(44)42-19-21(18-41(2)3)14-22-15-23(35)12-13-29(22)42)43(47-32(45)34(36,37)38)33(46)40-24-8-7-9-25(16-24)48-4/h5-13,15-17,20-21,30,39H,14,18-19H2,1-4H3,(H,40,46)/t20?,21-,30?/m1/s1. The van der Waals surface area contributed by atoms with Crippen LogP contribution in [0.15, 0.2) is 77.8 Å². The fourth-order valence-electron chi connectivity index (χ4n) is 6.12. The van der Waals surface area contributed by atoms with Gasteiger partial charge >= 0.3 is 18.2 Å². The summed E-state index contributed by atoms with van der Waals surface area (Å²) in [6, 6.07) is 15.9. The van der Waals surface area contributed by atoms with Crippen molar-refractivity contribution in [2.75, 3.05) is 43.7 Å². The number of aromatic amines is 1. The van der Waals surface area contributed by atoms with E-state index in [1.54, 1.807) is 61.7 Å². The van der Waals surface area contributed by atoms with E-state index in [-0.39, 0.29) is 23.2 Å². The SMILES string of the molecule is CSc1cccc(NC(=O)N(OC(=O)C(F)(F)F)C(C(=O)N2C[C@@H](CN(C)C)Cc3cc(Cl)ccc32)C(C)c2c[nH]c3ccccc23)c1. The Kier molecular flexibility index (Phi) is 10.6. The van der Waals surface area contributed by atoms with Gasteiger partial charge in [-0.05, 0) is 86.3 Å². The number of fused-ring (bicyclic) bond motifs is 2. The molecule has 2 unspecified atom stereocenters. The largest absolute Gasteiger partial charge is 0.493 e. The summed E-state index contributed by atoms with van der Waals surface area (Å²) in [5.41, 5.74) is 2.75. The van der Waals surface area contributed by atoms with Gasteiger partial charge in [0.1, 0.15) is 0 Å². The predicted molar refractivity (Wildman–Crippen MR) is 181 cm³/mol. The summed E-state index contributed by atoms with van der Waals surface area (Å²) in [5.74, 6) is -4.42. The summed E-state index contributed by atoms with van der Waals surface area (Å²) in [4.78, 5) is 53.6. The number of hydrogen-bond donors (Lipinski definition) is 2. The van der Waals surface area contributed by atoms with Crippen molar-refractivity contribution in [3.8, 4) is 0 Å². The zero-order chi connectivity index (χ0) is 34.7. The number of alkyl halides is 3. The summed E-state index contributed by atoms with van der Waals surface area (Å²) in [5, 5.41) is 3.92. The van der Waals surface area contributed by atoms with Crippen LogP contribution in [0.1, 0.15) is 24.0 Å². The van der Waals surface area contributed by atoms with Gasteiger partial charge in [-0.2, -0.15) is 13.2 Å². The van der Waals surface area contributed by atoms with E-state index in [4.69, 9.17) is 16.4 Å². The molecule has 3 amide bonds. The molecule has 48 heavy (non-hydrogen) atoms. The molecule has 0 aliphatic carbocycles. The van der Waals surface area contributed by atoms with Gasteiger partial charge in [-0.25, -0.2) is 9.59 Å². The second-order valence-electron chi connectivity index (χ2n) is 11.9. The second kappa shape index (κ2) is 14.5. The van der Waals surface area contributed by atoms with E-state index < -0.39 is 36.0 Å². The van der Waals surface area contributed by atoms with Gasteiger partial charge in [0.25, 0.3) is 5.91 Å². The fraction of sp³-hybridized carbons (Fsp3) is 0.324. The number of carbonyl (C=O) groups is 3. The smallest absolute Gasteiger partial charge is 0.361 e. The van der Waals surface area contributed by atoms with Crippen LogP contribution in [-0.4, -0.2) is 78.5 Å². The number of nitrogens with zero attached hydrogens (tertiary/aromatic N) is 3. The average Bonchev–Trinajstić information content (AvgIpc) is 3.47. The maximum atomic E-state index is 15.0. The zero-order valence-corrected chi connectivity index (χ0v) is 28.2. The molecule has 5 rings (SSSR count). The monoisotopic (exact) mass is 701 g/mol. The molecule has 3 atom stereocenters. The number of nitrogens with one attached hydrogen (secondary N) is 2. The Labute approximate surface area is 285 Å². The van der Waals surface area contributed by atoms with E-state index in [1.807, 2.05) is 37.4 Å². The van der Waals surface area contributed by atoms with Crippen molar-refractivity contribution < 1.29 is 32.4 Å². The second-order valence-corrected chi connectivity index (χ2v) is 13.3. The number of hydroxylamine groups is 2. The first-order valence-electron chi connectivity index (χ1n) is 15.1. The van der Waals surface area contributed by atoms with Crippen LogP contribution in [0.3, 0.4) is 0 Å². The fourth-order valence-corrected chi connectivity index (χ4v) is 6.78. The number of aromatic nitrogens is 1. The van der Waals surface area contributed by atoms with Crippen molar-refractivity contribution in [1.29, 1.82) is 0 Å². The van der Waals surface area contributed by atoms with Crippen molar-refractivity contribution in [2.45, 2.75) is 36.4 Å². The number of halogens is 4. The minimum Gasteiger partial charge on any atom is -0.361 e. The molecular weight excluding hydrogens is 667 g/mol. The molecule has 0 bridgehead atoms. The van der Waals surface area contributed by atoms with Gasteiger partial charge in [0.05, 0.1) is 0 Å². The lowest BCUT2D eigenvalue weighted by atomic mass is 9.88. The summed E-state index contributed by atoms with van der Waals surface area (Å²) in [6.45, 7) is 2.40. The highest BCUT2D eigenvalue weighted by Gasteiger charge is 2.48. The molecule has 254 valence electrons. The van der Waals surface area contributed by atoms with E-state index in [0.29, 0.717) is 40.1 Å². The minimum atomic E-state index is -5.46. The van der Waals surface area contributed by atoms with Crippen LogP contribution >= 0.6 is 23.4 Å². The Bertz CT molecular complexity index is 1820. The molecule has 0 fully saturated rings. The Balaban J connectivity index is 1.65. The molecule has 0 radical (unpaired) electrons. The van der Waals surface area contributed by atoms with Crippen LogP contribution in [0.25, 0.3) is 10.9 Å². The third kappa shape index (κ3) is 7.74. The van der Waals surface area contributed by atoms with Gasteiger partial charge < -0.3 is 24.9 Å². The van der Waals surface area contributed by atoms with Crippen LogP contribution in [0.4, 0.5) is 29.3 Å². The van der Waals surface area contributed by atoms with Crippen molar-refractivity contribution in [3.63, 3.8) is 0 Å². The lowest BCUT2D eigenvalue weighted by Gasteiger charge is -2.40. The Morgan fingerprint density at radius 3 is 2.56 bits per heavy atom. The van der Waals surface area contributed by atoms with Crippen LogP contribution in [-0.2, 0) is 20.8 Å². The molecule has 0 saturated heterocycles. The van der Waals surface area contributed by atoms with Crippen LogP contribution in [0, 0.1) is 5.92 Å². The molecule has 14 heteroatoms. The van der Waals surface area contributed by atoms with Crippen molar-refractivity contribution >= 4 is 63.5 Å². The number of amides is 3. The van der Waals surface area contributed by atoms with Crippen LogP contribution in [0.5, 0.6) is 0 Å². The molecule has 1 aromatic heterocycles. The highest BCUT2D eigenvalue weighted by molar-refractivity contribution is 7.98. The molecule has 0 saturated carbocycles. The first kappa shape index (κ1) is 35.1. The predicted octanol–water partition coefficient (Wildman–Crippen LogP) is 7.34. The molecule has 0 spiro atoms. The highest BCUT2D eigenvalue weighted by Crippen LogP contribution is 2.37. The zero-order valence-electron chi connectivity index (χ0n) is 26.7. The number of anilines is 2. The highest BCUT2D eigenvalue weighted by atomic mass is 35.5. The molecular formula is C34H35ClF3N5O4S. The summed E-state index contributed by atoms with van der Waals surface area (Å²) in [7, 11) is 3.80. The lowest BCUT2D eigenvalue weighted by molar-refractivity contribution is -0.233. The topological polar surface area (TPSA) is 98.0 Å². The number of rotatable bonds is 8. The van der Waals surface area contributed by atoms with Crippen LogP contribution in [0.2, 0.25) is 5.02 Å². The summed E-state index contributed by atoms with van der Waals surface area (Å²) >= 11 is 7.73. The van der Waals surface area contributed by atoms with Crippen molar-refractivity contribution in [2.24, 2.45) is 5.92 Å². The molecule has 9 nitrogen and oxygen atoms in total. The first-order chi connectivity index (χ1) is 22.8. The van der Waals surface area contributed by atoms with Gasteiger partial charge in [-0.1, -0.05) is 42.8 Å². The number of thioether (sulfide) groups is 1. The summed E-state index contributed by atoms with van der Waals surface area (Å²) in [6.07, 6.45) is -1.40. The van der Waals surface area contributed by atoms with Gasteiger partial charge in [-0.15, -0.1) is 16.8 Å². The van der Waals surface area contributed by atoms with E-state index in [2.05, 4.69) is 10.3 Å². The first-order valence-corrected chi connectivity index (χ1v) is 16.7. The van der Waals surface area contributed by atoms with Crippen LogP contribution < -0.4 is 10.2 Å². The molecule has 2 N–H and O–H groups in total. The number of H-pyrrole nitrogens is 1. The number of urea groups is 1. The number of carbonyl (C=O) groups excluding carboxylic acids is 3. The Morgan fingerprint density at radius 1 is 1.10 bits per heavy atom. The molecule has 3 aromatic carbocycles. The summed E-state index contributed by atoms with van der Waals surface area (Å²) < 4.78 is 41.3. The van der Waals surface area contributed by atoms with E-state index in [0.717, 1.165) is 10.5 Å². The Morgan fingerprint density at radius 2 is 1.85 bits per heavy atom. The maximum absolute atomic E-state index is 15.0. The number of para-hydroxylation sites is 1.